The Morgan fingerprint density at radius 3 is 2.59 bits per heavy atom. The number of piperidine rings is 1. The molecule has 1 heterocycles. The lowest BCUT2D eigenvalue weighted by Gasteiger charge is -2.39. The van der Waals surface area contributed by atoms with Crippen molar-refractivity contribution in [2.45, 2.75) is 33.2 Å². The topological polar surface area (TPSA) is 49.4 Å². The predicted molar refractivity (Wildman–Crippen MR) is 110 cm³/mol. The molecule has 2 aromatic rings. The molecule has 0 aliphatic carbocycles. The summed E-state index contributed by atoms with van der Waals surface area (Å²) in [5, 5.41) is 3.07. The summed E-state index contributed by atoms with van der Waals surface area (Å²) in [5.74, 6) is -0.0181. The maximum atomic E-state index is 12.9. The average Bonchev–Trinajstić information content (AvgIpc) is 2.67. The lowest BCUT2D eigenvalue weighted by molar-refractivity contribution is -0.132. The van der Waals surface area contributed by atoms with Crippen molar-refractivity contribution in [1.82, 2.24) is 10.2 Å². The van der Waals surface area contributed by atoms with Crippen LogP contribution in [0.2, 0.25) is 0 Å². The Morgan fingerprint density at radius 1 is 1.15 bits per heavy atom. The molecule has 0 aromatic heterocycles. The molecule has 0 bridgehead atoms. The van der Waals surface area contributed by atoms with E-state index in [1.165, 1.54) is 0 Å². The van der Waals surface area contributed by atoms with Crippen LogP contribution in [-0.4, -0.2) is 29.8 Å². The normalized spacial score (nSPS) is 19.6. The second-order valence-electron chi connectivity index (χ2n) is 7.48. The zero-order chi connectivity index (χ0) is 19.4. The van der Waals surface area contributed by atoms with Gasteiger partial charge in [-0.05, 0) is 65.9 Å². The number of halogens is 1. The second kappa shape index (κ2) is 8.26. The zero-order valence-electron chi connectivity index (χ0n) is 15.8. The van der Waals surface area contributed by atoms with Crippen LogP contribution in [0.15, 0.2) is 53.0 Å². The van der Waals surface area contributed by atoms with E-state index in [-0.39, 0.29) is 11.8 Å². The number of carbonyl (C=O) groups excluding carboxylic acids is 2. The van der Waals surface area contributed by atoms with E-state index in [1.54, 1.807) is 4.90 Å². The van der Waals surface area contributed by atoms with Gasteiger partial charge in [-0.2, -0.15) is 0 Å². The average molecular weight is 429 g/mol. The molecule has 2 amide bonds. The van der Waals surface area contributed by atoms with Gasteiger partial charge in [-0.25, -0.2) is 0 Å². The highest BCUT2D eigenvalue weighted by atomic mass is 79.9. The highest BCUT2D eigenvalue weighted by Gasteiger charge is 2.39. The monoisotopic (exact) mass is 428 g/mol. The molecular weight excluding hydrogens is 404 g/mol. The first-order valence-electron chi connectivity index (χ1n) is 9.27. The Kier molecular flexibility index (Phi) is 6.00. The highest BCUT2D eigenvalue weighted by Crippen LogP contribution is 2.31. The molecule has 0 saturated carbocycles. The van der Waals surface area contributed by atoms with Crippen LogP contribution in [0.25, 0.3) is 0 Å². The van der Waals surface area contributed by atoms with E-state index in [2.05, 4.69) is 21.2 Å². The van der Waals surface area contributed by atoms with Gasteiger partial charge < -0.3 is 10.2 Å². The molecule has 1 saturated heterocycles. The molecule has 1 atom stereocenters. The molecule has 27 heavy (non-hydrogen) atoms. The third kappa shape index (κ3) is 4.41. The highest BCUT2D eigenvalue weighted by molar-refractivity contribution is 9.10. The summed E-state index contributed by atoms with van der Waals surface area (Å²) in [7, 11) is 0. The Labute approximate surface area is 169 Å². The van der Waals surface area contributed by atoms with Crippen LogP contribution < -0.4 is 5.32 Å². The summed E-state index contributed by atoms with van der Waals surface area (Å²) in [5.41, 5.74) is 2.35. The molecule has 4 nitrogen and oxygen atoms in total. The fraction of sp³-hybridized carbons (Fsp3) is 0.364. The van der Waals surface area contributed by atoms with Crippen molar-refractivity contribution in [3.8, 4) is 0 Å². The van der Waals surface area contributed by atoms with Gasteiger partial charge in [-0.3, -0.25) is 9.59 Å². The van der Waals surface area contributed by atoms with Crippen molar-refractivity contribution in [2.24, 2.45) is 5.41 Å². The largest absolute Gasteiger partial charge is 0.351 e. The molecule has 1 unspecified atom stereocenters. The van der Waals surface area contributed by atoms with E-state index in [0.29, 0.717) is 25.2 Å². The van der Waals surface area contributed by atoms with Crippen LogP contribution >= 0.6 is 15.9 Å². The molecule has 142 valence electrons. The Hall–Kier alpha value is -2.14. The van der Waals surface area contributed by atoms with E-state index in [4.69, 9.17) is 0 Å². The summed E-state index contributed by atoms with van der Waals surface area (Å²) in [6.07, 6.45) is 1.61. The zero-order valence-corrected chi connectivity index (χ0v) is 17.4. The van der Waals surface area contributed by atoms with E-state index >= 15 is 0 Å². The van der Waals surface area contributed by atoms with Crippen molar-refractivity contribution in [1.29, 1.82) is 0 Å². The van der Waals surface area contributed by atoms with Crippen LogP contribution in [0, 0.1) is 12.3 Å². The second-order valence-corrected chi connectivity index (χ2v) is 8.33. The van der Waals surface area contributed by atoms with Gasteiger partial charge >= 0.3 is 0 Å². The van der Waals surface area contributed by atoms with Crippen LogP contribution in [0.4, 0.5) is 0 Å². The molecule has 5 heteroatoms. The van der Waals surface area contributed by atoms with Gasteiger partial charge in [0.1, 0.15) is 0 Å². The van der Waals surface area contributed by atoms with E-state index in [9.17, 15) is 9.59 Å². The Morgan fingerprint density at radius 2 is 1.85 bits per heavy atom. The van der Waals surface area contributed by atoms with Crippen molar-refractivity contribution in [3.63, 3.8) is 0 Å². The first-order valence-corrected chi connectivity index (χ1v) is 10.1. The SMILES string of the molecule is Cc1ccccc1CNC(=O)C1(C)CCCN(C(=O)c2ccccc2Br)C1. The van der Waals surface area contributed by atoms with E-state index < -0.39 is 5.41 Å². The fourth-order valence-corrected chi connectivity index (χ4v) is 4.05. The number of benzene rings is 2. The van der Waals surface area contributed by atoms with Gasteiger partial charge in [0, 0.05) is 24.1 Å². The van der Waals surface area contributed by atoms with Gasteiger partial charge in [0.2, 0.25) is 5.91 Å². The van der Waals surface area contributed by atoms with Crippen LogP contribution in [0.3, 0.4) is 0 Å². The maximum Gasteiger partial charge on any atom is 0.255 e. The van der Waals surface area contributed by atoms with Crippen LogP contribution in [-0.2, 0) is 11.3 Å². The summed E-state index contributed by atoms with van der Waals surface area (Å²) < 4.78 is 0.784. The first kappa shape index (κ1) is 19.6. The van der Waals surface area contributed by atoms with Crippen LogP contribution in [0.1, 0.15) is 41.3 Å². The van der Waals surface area contributed by atoms with Crippen molar-refractivity contribution in [3.05, 3.63) is 69.7 Å². The fourth-order valence-electron chi connectivity index (χ4n) is 3.60. The number of hydrogen-bond acceptors (Lipinski definition) is 2. The Bertz CT molecular complexity index is 852. The lowest BCUT2D eigenvalue weighted by Crippen LogP contribution is -2.51. The summed E-state index contributed by atoms with van der Waals surface area (Å²) in [6.45, 7) is 5.63. The Balaban J connectivity index is 1.68. The molecule has 2 aromatic carbocycles. The van der Waals surface area contributed by atoms with Gasteiger partial charge in [-0.15, -0.1) is 0 Å². The van der Waals surface area contributed by atoms with Crippen molar-refractivity contribution >= 4 is 27.7 Å². The number of hydrogen-bond donors (Lipinski definition) is 1. The van der Waals surface area contributed by atoms with Crippen LogP contribution in [0.5, 0.6) is 0 Å². The predicted octanol–water partition coefficient (Wildman–Crippen LogP) is 4.32. The number of likely N-dealkylation sites (tertiary alicyclic amines) is 1. The van der Waals surface area contributed by atoms with Gasteiger partial charge in [0.15, 0.2) is 0 Å². The quantitative estimate of drug-likeness (QED) is 0.787. The van der Waals surface area contributed by atoms with Gasteiger partial charge in [0.05, 0.1) is 11.0 Å². The number of aryl methyl sites for hydroxylation is 1. The standard InChI is InChI=1S/C22H25BrN2O2/c1-16-8-3-4-9-17(16)14-24-21(27)22(2)12-7-13-25(15-22)20(26)18-10-5-6-11-19(18)23/h3-6,8-11H,7,12-15H2,1-2H3,(H,24,27). The summed E-state index contributed by atoms with van der Waals surface area (Å²) >= 11 is 3.45. The minimum absolute atomic E-state index is 0.00961. The molecule has 3 rings (SSSR count). The minimum Gasteiger partial charge on any atom is -0.351 e. The summed E-state index contributed by atoms with van der Waals surface area (Å²) in [6, 6.07) is 15.5. The molecule has 1 aliphatic heterocycles. The molecule has 0 spiro atoms. The molecule has 0 radical (unpaired) electrons. The number of nitrogens with one attached hydrogen (secondary N) is 1. The number of rotatable bonds is 4. The number of amides is 2. The number of carbonyl (C=O) groups is 2. The van der Waals surface area contributed by atoms with Gasteiger partial charge in [-0.1, -0.05) is 36.4 Å². The minimum atomic E-state index is -0.572. The molecule has 1 aliphatic rings. The smallest absolute Gasteiger partial charge is 0.255 e. The van der Waals surface area contributed by atoms with Gasteiger partial charge in [0.25, 0.3) is 5.91 Å². The molecule has 1 N–H and O–H groups in total. The van der Waals surface area contributed by atoms with Crippen molar-refractivity contribution < 1.29 is 9.59 Å². The van der Waals surface area contributed by atoms with E-state index in [0.717, 1.165) is 28.4 Å². The summed E-state index contributed by atoms with van der Waals surface area (Å²) in [4.78, 5) is 27.6. The third-order valence-electron chi connectivity index (χ3n) is 5.34. The first-order chi connectivity index (χ1) is 12.9. The third-order valence-corrected chi connectivity index (χ3v) is 6.03. The van der Waals surface area contributed by atoms with Crippen molar-refractivity contribution in [2.75, 3.05) is 13.1 Å². The molecule has 1 fully saturated rings. The number of nitrogens with zero attached hydrogens (tertiary/aromatic N) is 1. The lowest BCUT2D eigenvalue weighted by atomic mass is 9.80. The maximum absolute atomic E-state index is 12.9. The molecular formula is C22H25BrN2O2. The van der Waals surface area contributed by atoms with E-state index in [1.807, 2.05) is 62.4 Å².